The Morgan fingerprint density at radius 1 is 1.35 bits per heavy atom. The van der Waals surface area contributed by atoms with Gasteiger partial charge in [0.05, 0.1) is 11.5 Å². The molecule has 2 fully saturated rings. The number of aliphatic hydroxyl groups excluding tert-OH is 1. The van der Waals surface area contributed by atoms with E-state index in [0.717, 1.165) is 31.2 Å². The number of benzene rings is 1. The number of rotatable bonds is 6. The van der Waals surface area contributed by atoms with Crippen LogP contribution >= 0.6 is 0 Å². The number of nitrogens with zero attached hydrogens (tertiary/aromatic N) is 1. The van der Waals surface area contributed by atoms with Crippen LogP contribution in [0.25, 0.3) is 0 Å². The molecule has 1 amide bonds. The van der Waals surface area contributed by atoms with E-state index < -0.39 is 5.41 Å². The third kappa shape index (κ3) is 3.56. The fourth-order valence-corrected chi connectivity index (χ4v) is 3.38. The molecule has 1 heterocycles. The quantitative estimate of drug-likeness (QED) is 0.818. The van der Waals surface area contributed by atoms with Crippen LogP contribution in [-0.2, 0) is 14.9 Å². The van der Waals surface area contributed by atoms with E-state index in [1.807, 2.05) is 11.0 Å². The molecule has 0 aromatic heterocycles. The van der Waals surface area contributed by atoms with E-state index in [4.69, 9.17) is 9.84 Å². The molecule has 4 nitrogen and oxygen atoms in total. The summed E-state index contributed by atoms with van der Waals surface area (Å²) in [6, 6.07) is 6.45. The molecule has 1 saturated heterocycles. The van der Waals surface area contributed by atoms with Gasteiger partial charge in [-0.1, -0.05) is 12.1 Å². The molecule has 0 spiro atoms. The van der Waals surface area contributed by atoms with E-state index in [-0.39, 0.29) is 24.4 Å². The fourth-order valence-electron chi connectivity index (χ4n) is 3.38. The van der Waals surface area contributed by atoms with Crippen molar-refractivity contribution in [2.45, 2.75) is 43.6 Å². The van der Waals surface area contributed by atoms with Gasteiger partial charge in [0.15, 0.2) is 0 Å². The van der Waals surface area contributed by atoms with Gasteiger partial charge in [-0.15, -0.1) is 0 Å². The highest BCUT2D eigenvalue weighted by molar-refractivity contribution is 5.91. The largest absolute Gasteiger partial charge is 0.396 e. The van der Waals surface area contributed by atoms with Crippen LogP contribution in [0.5, 0.6) is 0 Å². The van der Waals surface area contributed by atoms with Gasteiger partial charge in [-0.3, -0.25) is 4.79 Å². The van der Waals surface area contributed by atoms with E-state index in [1.54, 1.807) is 6.07 Å². The van der Waals surface area contributed by atoms with Gasteiger partial charge in [0.2, 0.25) is 5.91 Å². The molecule has 1 aromatic rings. The Balaban J connectivity index is 1.57. The molecule has 0 radical (unpaired) electrons. The lowest BCUT2D eigenvalue weighted by Crippen LogP contribution is -2.45. The molecule has 0 bridgehead atoms. The van der Waals surface area contributed by atoms with Gasteiger partial charge in [-0.25, -0.2) is 4.39 Å². The molecular weight excluding hydrogens is 297 g/mol. The van der Waals surface area contributed by atoms with Crippen molar-refractivity contribution >= 4 is 5.91 Å². The minimum absolute atomic E-state index is 0.136. The van der Waals surface area contributed by atoms with Crippen molar-refractivity contribution in [3.8, 4) is 0 Å². The Morgan fingerprint density at radius 3 is 2.70 bits per heavy atom. The number of hydrogen-bond donors (Lipinski definition) is 1. The van der Waals surface area contributed by atoms with Crippen molar-refractivity contribution < 1.29 is 19.0 Å². The number of carbonyl (C=O) groups is 1. The number of carbonyl (C=O) groups excluding carboxylic acids is 1. The summed E-state index contributed by atoms with van der Waals surface area (Å²) in [6.07, 6.45) is 4.11. The van der Waals surface area contributed by atoms with Gasteiger partial charge >= 0.3 is 0 Å². The average molecular weight is 321 g/mol. The molecule has 1 aliphatic carbocycles. The molecule has 1 aliphatic heterocycles. The standard InChI is InChI=1S/C18H24FNO3/c19-15-4-1-3-14(13-15)18(7-8-18)17(22)20-9-5-16(6-10-20)23-12-2-11-21/h1,3-4,13,16,21H,2,5-12H2. The maximum absolute atomic E-state index is 13.5. The first-order chi connectivity index (χ1) is 11.2. The summed E-state index contributed by atoms with van der Waals surface area (Å²) in [7, 11) is 0. The number of piperidine rings is 1. The zero-order valence-corrected chi connectivity index (χ0v) is 13.3. The summed E-state index contributed by atoms with van der Waals surface area (Å²) in [5, 5.41) is 8.78. The number of likely N-dealkylation sites (tertiary alicyclic amines) is 1. The second-order valence-electron chi connectivity index (χ2n) is 6.53. The van der Waals surface area contributed by atoms with Crippen LogP contribution in [-0.4, -0.2) is 48.3 Å². The average Bonchev–Trinajstić information content (AvgIpc) is 3.37. The van der Waals surface area contributed by atoms with E-state index in [0.29, 0.717) is 26.1 Å². The maximum atomic E-state index is 13.5. The lowest BCUT2D eigenvalue weighted by molar-refractivity contribution is -0.136. The molecule has 2 aliphatic rings. The molecule has 126 valence electrons. The van der Waals surface area contributed by atoms with E-state index in [1.165, 1.54) is 12.1 Å². The number of ether oxygens (including phenoxy) is 1. The summed E-state index contributed by atoms with van der Waals surface area (Å²) < 4.78 is 19.2. The monoisotopic (exact) mass is 321 g/mol. The molecule has 1 aromatic carbocycles. The van der Waals surface area contributed by atoms with Gasteiger partial charge in [-0.05, 0) is 49.8 Å². The van der Waals surface area contributed by atoms with E-state index in [2.05, 4.69) is 0 Å². The predicted molar refractivity (Wildman–Crippen MR) is 84.6 cm³/mol. The SMILES string of the molecule is O=C(N1CCC(OCCCO)CC1)C1(c2cccc(F)c2)CC1. The minimum Gasteiger partial charge on any atom is -0.396 e. The van der Waals surface area contributed by atoms with Crippen LogP contribution in [0, 0.1) is 5.82 Å². The van der Waals surface area contributed by atoms with Gasteiger partial charge in [0, 0.05) is 26.3 Å². The molecular formula is C18H24FNO3. The lowest BCUT2D eigenvalue weighted by atomic mass is 9.93. The summed E-state index contributed by atoms with van der Waals surface area (Å²) in [4.78, 5) is 14.8. The fraction of sp³-hybridized carbons (Fsp3) is 0.611. The molecule has 0 atom stereocenters. The second-order valence-corrected chi connectivity index (χ2v) is 6.53. The van der Waals surface area contributed by atoms with Crippen LogP contribution in [0.3, 0.4) is 0 Å². The van der Waals surface area contributed by atoms with Crippen molar-refractivity contribution in [2.24, 2.45) is 0 Å². The minimum atomic E-state index is -0.493. The van der Waals surface area contributed by atoms with Crippen LogP contribution in [0.1, 0.15) is 37.7 Å². The van der Waals surface area contributed by atoms with Crippen molar-refractivity contribution in [1.29, 1.82) is 0 Å². The van der Waals surface area contributed by atoms with E-state index in [9.17, 15) is 9.18 Å². The van der Waals surface area contributed by atoms with Gasteiger partial charge in [-0.2, -0.15) is 0 Å². The maximum Gasteiger partial charge on any atom is 0.233 e. The topological polar surface area (TPSA) is 49.8 Å². The van der Waals surface area contributed by atoms with Crippen LogP contribution in [0.2, 0.25) is 0 Å². The highest BCUT2D eigenvalue weighted by Gasteiger charge is 2.53. The highest BCUT2D eigenvalue weighted by atomic mass is 19.1. The normalized spacial score (nSPS) is 20.5. The molecule has 1 saturated carbocycles. The number of hydrogen-bond acceptors (Lipinski definition) is 3. The highest BCUT2D eigenvalue weighted by Crippen LogP contribution is 2.50. The Labute approximate surface area is 136 Å². The Bertz CT molecular complexity index is 551. The summed E-state index contributed by atoms with van der Waals surface area (Å²) in [5.74, 6) is -0.144. The van der Waals surface area contributed by atoms with Crippen LogP contribution in [0.15, 0.2) is 24.3 Å². The van der Waals surface area contributed by atoms with Gasteiger partial charge < -0.3 is 14.7 Å². The third-order valence-corrected chi connectivity index (χ3v) is 4.92. The first-order valence-corrected chi connectivity index (χ1v) is 8.43. The molecule has 1 N–H and O–H groups in total. The van der Waals surface area contributed by atoms with Crippen molar-refractivity contribution in [2.75, 3.05) is 26.3 Å². The predicted octanol–water partition coefficient (Wildman–Crippen LogP) is 2.25. The lowest BCUT2D eigenvalue weighted by Gasteiger charge is -2.34. The second kappa shape index (κ2) is 6.97. The van der Waals surface area contributed by atoms with Gasteiger partial charge in [0.1, 0.15) is 5.82 Å². The first kappa shape index (κ1) is 16.4. The van der Waals surface area contributed by atoms with Crippen molar-refractivity contribution in [1.82, 2.24) is 4.90 Å². The smallest absolute Gasteiger partial charge is 0.233 e. The van der Waals surface area contributed by atoms with Crippen LogP contribution < -0.4 is 0 Å². The summed E-state index contributed by atoms with van der Waals surface area (Å²) in [5.41, 5.74) is 0.316. The zero-order valence-electron chi connectivity index (χ0n) is 13.3. The number of aliphatic hydroxyl groups is 1. The summed E-state index contributed by atoms with van der Waals surface area (Å²) in [6.45, 7) is 2.11. The Hall–Kier alpha value is -1.46. The number of amides is 1. The molecule has 5 heteroatoms. The van der Waals surface area contributed by atoms with Crippen molar-refractivity contribution in [3.63, 3.8) is 0 Å². The zero-order chi connectivity index (χ0) is 16.3. The van der Waals surface area contributed by atoms with E-state index >= 15 is 0 Å². The van der Waals surface area contributed by atoms with Crippen LogP contribution in [0.4, 0.5) is 4.39 Å². The molecule has 0 unspecified atom stereocenters. The molecule has 3 rings (SSSR count). The summed E-state index contributed by atoms with van der Waals surface area (Å²) >= 11 is 0. The Morgan fingerprint density at radius 2 is 2.09 bits per heavy atom. The van der Waals surface area contributed by atoms with Crippen molar-refractivity contribution in [3.05, 3.63) is 35.6 Å². The van der Waals surface area contributed by atoms with Gasteiger partial charge in [0.25, 0.3) is 0 Å². The molecule has 23 heavy (non-hydrogen) atoms. The third-order valence-electron chi connectivity index (χ3n) is 4.92. The number of halogens is 1. The Kier molecular flexibility index (Phi) is 4.97. The first-order valence-electron chi connectivity index (χ1n) is 8.43.